The molecule has 24 heavy (non-hydrogen) atoms. The number of anilines is 1. The zero-order valence-corrected chi connectivity index (χ0v) is 13.9. The number of para-hydroxylation sites is 1. The topological polar surface area (TPSA) is 40.6 Å². The van der Waals surface area contributed by atoms with E-state index < -0.39 is 0 Å². The van der Waals surface area contributed by atoms with Crippen molar-refractivity contribution in [2.24, 2.45) is 0 Å². The molecule has 1 heterocycles. The van der Waals surface area contributed by atoms with Crippen LogP contribution in [0.5, 0.6) is 0 Å². The maximum Gasteiger partial charge on any atom is 0.258 e. The molecule has 0 saturated carbocycles. The Labute approximate surface area is 142 Å². The van der Waals surface area contributed by atoms with Crippen LogP contribution in [-0.4, -0.2) is 29.8 Å². The van der Waals surface area contributed by atoms with Crippen LogP contribution in [0, 0.1) is 0 Å². The van der Waals surface area contributed by atoms with Crippen molar-refractivity contribution in [2.75, 3.05) is 18.0 Å². The molecule has 0 N–H and O–H groups in total. The van der Waals surface area contributed by atoms with E-state index in [0.717, 1.165) is 24.2 Å². The second-order valence-electron chi connectivity index (χ2n) is 6.00. The van der Waals surface area contributed by atoms with Crippen molar-refractivity contribution in [2.45, 2.75) is 26.3 Å². The van der Waals surface area contributed by atoms with E-state index in [1.165, 1.54) is 0 Å². The van der Waals surface area contributed by atoms with Crippen molar-refractivity contribution in [1.29, 1.82) is 0 Å². The summed E-state index contributed by atoms with van der Waals surface area (Å²) in [5.41, 5.74) is 2.55. The molecule has 124 valence electrons. The average molecular weight is 322 g/mol. The fourth-order valence-corrected chi connectivity index (χ4v) is 3.10. The lowest BCUT2D eigenvalue weighted by atomic mass is 10.1. The smallest absolute Gasteiger partial charge is 0.258 e. The molecule has 4 nitrogen and oxygen atoms in total. The number of nitrogens with zero attached hydrogens (tertiary/aromatic N) is 2. The van der Waals surface area contributed by atoms with E-state index in [1.54, 1.807) is 4.90 Å². The largest absolute Gasteiger partial charge is 0.338 e. The van der Waals surface area contributed by atoms with E-state index in [4.69, 9.17) is 0 Å². The van der Waals surface area contributed by atoms with Crippen LogP contribution in [0.25, 0.3) is 0 Å². The number of hydrogen-bond donors (Lipinski definition) is 0. The highest BCUT2D eigenvalue weighted by Crippen LogP contribution is 2.19. The molecule has 0 radical (unpaired) electrons. The minimum absolute atomic E-state index is 0.0155. The first-order valence-electron chi connectivity index (χ1n) is 8.42. The molecule has 2 amide bonds. The van der Waals surface area contributed by atoms with Gasteiger partial charge in [-0.2, -0.15) is 0 Å². The van der Waals surface area contributed by atoms with Gasteiger partial charge in [0.15, 0.2) is 0 Å². The lowest BCUT2D eigenvalue weighted by Crippen LogP contribution is -2.30. The Bertz CT molecular complexity index is 727. The minimum Gasteiger partial charge on any atom is -0.338 e. The van der Waals surface area contributed by atoms with E-state index in [-0.39, 0.29) is 11.8 Å². The van der Waals surface area contributed by atoms with Crippen LogP contribution in [0.2, 0.25) is 0 Å². The molecule has 4 heteroatoms. The number of carbonyl (C=O) groups excluding carboxylic acids is 2. The Kier molecular flexibility index (Phi) is 4.94. The summed E-state index contributed by atoms with van der Waals surface area (Å²) in [6.45, 7) is 3.97. The lowest BCUT2D eigenvalue weighted by molar-refractivity contribution is -0.128. The van der Waals surface area contributed by atoms with Gasteiger partial charge < -0.3 is 9.80 Å². The number of rotatable bonds is 5. The summed E-state index contributed by atoms with van der Waals surface area (Å²) < 4.78 is 0. The van der Waals surface area contributed by atoms with Crippen molar-refractivity contribution in [1.82, 2.24) is 4.90 Å². The minimum atomic E-state index is -0.0155. The van der Waals surface area contributed by atoms with Crippen LogP contribution in [0.3, 0.4) is 0 Å². The molecule has 1 saturated heterocycles. The zero-order chi connectivity index (χ0) is 16.9. The Morgan fingerprint density at radius 1 is 1.12 bits per heavy atom. The summed E-state index contributed by atoms with van der Waals surface area (Å²) in [7, 11) is 0. The third kappa shape index (κ3) is 3.48. The Morgan fingerprint density at radius 3 is 2.58 bits per heavy atom. The quantitative estimate of drug-likeness (QED) is 0.845. The highest BCUT2D eigenvalue weighted by molar-refractivity contribution is 6.06. The molecule has 0 bridgehead atoms. The van der Waals surface area contributed by atoms with E-state index in [0.29, 0.717) is 25.1 Å². The van der Waals surface area contributed by atoms with Gasteiger partial charge in [-0.15, -0.1) is 0 Å². The second kappa shape index (κ2) is 7.30. The molecular weight excluding hydrogens is 300 g/mol. The fourth-order valence-electron chi connectivity index (χ4n) is 3.10. The highest BCUT2D eigenvalue weighted by atomic mass is 16.2. The van der Waals surface area contributed by atoms with E-state index in [1.807, 2.05) is 66.4 Å². The van der Waals surface area contributed by atoms with Crippen molar-refractivity contribution in [3.63, 3.8) is 0 Å². The first-order valence-corrected chi connectivity index (χ1v) is 8.42. The molecule has 3 rings (SSSR count). The van der Waals surface area contributed by atoms with Gasteiger partial charge in [-0.05, 0) is 43.2 Å². The number of hydrogen-bond acceptors (Lipinski definition) is 2. The molecule has 0 unspecified atom stereocenters. The molecule has 0 aromatic heterocycles. The summed E-state index contributed by atoms with van der Waals surface area (Å²) in [5.74, 6) is 0.185. The van der Waals surface area contributed by atoms with Gasteiger partial charge in [-0.25, -0.2) is 0 Å². The van der Waals surface area contributed by atoms with E-state index >= 15 is 0 Å². The van der Waals surface area contributed by atoms with Gasteiger partial charge in [0.25, 0.3) is 5.91 Å². The monoisotopic (exact) mass is 322 g/mol. The number of amides is 2. The summed E-state index contributed by atoms with van der Waals surface area (Å²) in [6.07, 6.45) is 1.56. The molecule has 1 fully saturated rings. The van der Waals surface area contributed by atoms with Crippen LogP contribution in [0.4, 0.5) is 5.69 Å². The third-order valence-corrected chi connectivity index (χ3v) is 4.35. The second-order valence-corrected chi connectivity index (χ2v) is 6.00. The van der Waals surface area contributed by atoms with Gasteiger partial charge in [0, 0.05) is 37.3 Å². The molecule has 0 aliphatic carbocycles. The predicted molar refractivity (Wildman–Crippen MR) is 94.9 cm³/mol. The van der Waals surface area contributed by atoms with Gasteiger partial charge in [0.1, 0.15) is 0 Å². The van der Waals surface area contributed by atoms with Gasteiger partial charge in [-0.3, -0.25) is 9.59 Å². The maximum absolute atomic E-state index is 12.9. The molecular formula is C20H22N2O2. The number of likely N-dealkylation sites (tertiary alicyclic amines) is 1. The Morgan fingerprint density at radius 2 is 1.92 bits per heavy atom. The Balaban J connectivity index is 1.79. The van der Waals surface area contributed by atoms with Gasteiger partial charge in [-0.1, -0.05) is 30.3 Å². The summed E-state index contributed by atoms with van der Waals surface area (Å²) >= 11 is 0. The van der Waals surface area contributed by atoms with Gasteiger partial charge >= 0.3 is 0 Å². The molecule has 1 aliphatic rings. The zero-order valence-electron chi connectivity index (χ0n) is 13.9. The van der Waals surface area contributed by atoms with E-state index in [9.17, 15) is 9.59 Å². The lowest BCUT2D eigenvalue weighted by Gasteiger charge is -2.22. The molecule has 0 atom stereocenters. The fraction of sp³-hybridized carbons (Fsp3) is 0.300. The van der Waals surface area contributed by atoms with Gasteiger partial charge in [0.05, 0.1) is 0 Å². The molecule has 1 aliphatic heterocycles. The van der Waals surface area contributed by atoms with E-state index in [2.05, 4.69) is 0 Å². The number of benzene rings is 2. The van der Waals surface area contributed by atoms with Crippen molar-refractivity contribution in [3.05, 3.63) is 65.7 Å². The molecule has 2 aromatic rings. The number of carbonyl (C=O) groups is 2. The standard InChI is InChI=1S/C20H22N2O2/c1-2-22(18-10-4-3-5-11-18)20(24)17-9-6-8-16(14-17)15-21-13-7-12-19(21)23/h3-6,8-11,14H,2,7,12-13,15H2,1H3. The third-order valence-electron chi connectivity index (χ3n) is 4.35. The van der Waals surface area contributed by atoms with Crippen LogP contribution in [0.15, 0.2) is 54.6 Å². The SMILES string of the molecule is CCN(C(=O)c1cccc(CN2CCCC2=O)c1)c1ccccc1. The van der Waals surface area contributed by atoms with Crippen molar-refractivity contribution in [3.8, 4) is 0 Å². The normalized spacial score (nSPS) is 14.0. The first kappa shape index (κ1) is 16.2. The molecule has 0 spiro atoms. The van der Waals surface area contributed by atoms with Crippen LogP contribution >= 0.6 is 0 Å². The van der Waals surface area contributed by atoms with Crippen LogP contribution < -0.4 is 4.90 Å². The predicted octanol–water partition coefficient (Wildman–Crippen LogP) is 3.48. The Hall–Kier alpha value is -2.62. The first-order chi connectivity index (χ1) is 11.7. The van der Waals surface area contributed by atoms with Crippen molar-refractivity contribution < 1.29 is 9.59 Å². The average Bonchev–Trinajstić information content (AvgIpc) is 3.01. The van der Waals surface area contributed by atoms with Crippen LogP contribution in [0.1, 0.15) is 35.7 Å². The highest BCUT2D eigenvalue weighted by Gasteiger charge is 2.21. The maximum atomic E-state index is 12.9. The molecule has 2 aromatic carbocycles. The summed E-state index contributed by atoms with van der Waals surface area (Å²) in [4.78, 5) is 28.3. The van der Waals surface area contributed by atoms with Crippen LogP contribution in [-0.2, 0) is 11.3 Å². The van der Waals surface area contributed by atoms with Gasteiger partial charge in [0.2, 0.25) is 5.91 Å². The summed E-state index contributed by atoms with van der Waals surface area (Å²) in [6, 6.07) is 17.3. The summed E-state index contributed by atoms with van der Waals surface area (Å²) in [5, 5.41) is 0. The van der Waals surface area contributed by atoms with Crippen molar-refractivity contribution >= 4 is 17.5 Å².